The molecule has 2 N–H and O–H groups in total. The molecule has 3 rings (SSSR count). The van der Waals surface area contributed by atoms with Gasteiger partial charge in [0.25, 0.3) is 5.88 Å². The van der Waals surface area contributed by atoms with E-state index in [4.69, 9.17) is 10.00 Å². The number of carbonyl (C=O) groups excluding carboxylic acids is 1. The fraction of sp³-hybridized carbons (Fsp3) is 0.118. The van der Waals surface area contributed by atoms with Crippen LogP contribution in [0.5, 0.6) is 5.88 Å². The summed E-state index contributed by atoms with van der Waals surface area (Å²) in [4.78, 5) is 24.6. The first kappa shape index (κ1) is 17.3. The van der Waals surface area contributed by atoms with Crippen molar-refractivity contribution >= 4 is 33.9 Å². The zero-order valence-electron chi connectivity index (χ0n) is 14.0. The van der Waals surface area contributed by atoms with Gasteiger partial charge in [0, 0.05) is 23.8 Å². The summed E-state index contributed by atoms with van der Waals surface area (Å²) in [7, 11) is 0. The molecule has 0 saturated heterocycles. The zero-order chi connectivity index (χ0) is 18.5. The molecule has 0 aromatic carbocycles. The lowest BCUT2D eigenvalue weighted by Crippen LogP contribution is -2.17. The van der Waals surface area contributed by atoms with E-state index in [0.29, 0.717) is 27.1 Å². The van der Waals surface area contributed by atoms with Crippen molar-refractivity contribution in [2.24, 2.45) is 0 Å². The predicted octanol–water partition coefficient (Wildman–Crippen LogP) is 3.78. The minimum absolute atomic E-state index is 0.139. The van der Waals surface area contributed by atoms with Gasteiger partial charge >= 0.3 is 6.09 Å². The molecule has 3 aromatic heterocycles. The zero-order valence-corrected chi connectivity index (χ0v) is 14.8. The second kappa shape index (κ2) is 7.58. The summed E-state index contributed by atoms with van der Waals surface area (Å²) in [5, 5.41) is 15.9. The van der Waals surface area contributed by atoms with Crippen molar-refractivity contribution in [3.05, 3.63) is 52.9 Å². The van der Waals surface area contributed by atoms with E-state index in [1.54, 1.807) is 37.4 Å². The summed E-state index contributed by atoms with van der Waals surface area (Å²) < 4.78 is 5.31. The van der Waals surface area contributed by atoms with Crippen LogP contribution in [-0.4, -0.2) is 21.0 Å². The minimum atomic E-state index is -0.664. The van der Waals surface area contributed by atoms with Crippen LogP contribution in [0.1, 0.15) is 16.3 Å². The summed E-state index contributed by atoms with van der Waals surface area (Å²) in [6.07, 6.45) is 2.45. The van der Waals surface area contributed by atoms with Gasteiger partial charge in [-0.15, -0.1) is 0 Å². The summed E-state index contributed by atoms with van der Waals surface area (Å²) in [5.41, 5.74) is 1.82. The molecular formula is C17H14N6O2S. The molecule has 0 radical (unpaired) electrons. The molecule has 0 spiro atoms. The number of ether oxygens (including phenoxy) is 1. The molecule has 0 saturated carbocycles. The first-order valence-corrected chi connectivity index (χ1v) is 8.37. The van der Waals surface area contributed by atoms with Crippen molar-refractivity contribution in [2.75, 3.05) is 10.6 Å². The Balaban J connectivity index is 1.74. The highest BCUT2D eigenvalue weighted by molar-refractivity contribution is 7.16. The number of nitrogens with zero attached hydrogens (tertiary/aromatic N) is 4. The monoisotopic (exact) mass is 366 g/mol. The van der Waals surface area contributed by atoms with Crippen LogP contribution in [0.25, 0.3) is 0 Å². The summed E-state index contributed by atoms with van der Waals surface area (Å²) >= 11 is 1.31. The molecule has 0 atom stereocenters. The van der Waals surface area contributed by atoms with E-state index in [1.807, 2.05) is 13.0 Å². The normalized spacial score (nSPS) is 10.0. The molecule has 26 heavy (non-hydrogen) atoms. The molecule has 0 aliphatic carbocycles. The quantitative estimate of drug-likeness (QED) is 0.722. The van der Waals surface area contributed by atoms with Gasteiger partial charge in [0.2, 0.25) is 0 Å². The Bertz CT molecular complexity index is 995. The fourth-order valence-corrected chi connectivity index (χ4v) is 2.85. The van der Waals surface area contributed by atoms with Gasteiger partial charge in [-0.2, -0.15) is 5.26 Å². The number of amides is 1. The molecule has 3 aromatic rings. The average Bonchev–Trinajstić information content (AvgIpc) is 2.93. The SMILES string of the molecule is Cc1cc(NC(=O)Oc2nc(C)sc2Nc2cc(C#N)ccn2)ccn1. The minimum Gasteiger partial charge on any atom is -0.388 e. The third kappa shape index (κ3) is 4.31. The maximum absolute atomic E-state index is 12.1. The summed E-state index contributed by atoms with van der Waals surface area (Å²) in [6.45, 7) is 3.62. The Morgan fingerprint density at radius 3 is 2.81 bits per heavy atom. The van der Waals surface area contributed by atoms with Crippen LogP contribution in [0.3, 0.4) is 0 Å². The van der Waals surface area contributed by atoms with Crippen LogP contribution in [0.2, 0.25) is 0 Å². The highest BCUT2D eigenvalue weighted by Crippen LogP contribution is 2.33. The Morgan fingerprint density at radius 2 is 2.04 bits per heavy atom. The second-order valence-corrected chi connectivity index (χ2v) is 6.44. The van der Waals surface area contributed by atoms with Crippen molar-refractivity contribution in [1.29, 1.82) is 5.26 Å². The van der Waals surface area contributed by atoms with Crippen LogP contribution in [-0.2, 0) is 0 Å². The van der Waals surface area contributed by atoms with Gasteiger partial charge in [0.15, 0.2) is 5.00 Å². The molecule has 0 bridgehead atoms. The van der Waals surface area contributed by atoms with Gasteiger partial charge in [-0.05, 0) is 38.1 Å². The third-order valence-electron chi connectivity index (χ3n) is 3.17. The average molecular weight is 366 g/mol. The Hall–Kier alpha value is -3.51. The maximum Gasteiger partial charge on any atom is 0.418 e. The van der Waals surface area contributed by atoms with E-state index in [-0.39, 0.29) is 5.88 Å². The number of anilines is 3. The predicted molar refractivity (Wildman–Crippen MR) is 97.7 cm³/mol. The number of nitrogens with one attached hydrogen (secondary N) is 2. The van der Waals surface area contributed by atoms with Crippen LogP contribution in [0.4, 0.5) is 21.3 Å². The number of pyridine rings is 2. The first-order valence-electron chi connectivity index (χ1n) is 7.55. The third-order valence-corrected chi connectivity index (χ3v) is 4.03. The summed E-state index contributed by atoms with van der Waals surface area (Å²) in [5.74, 6) is 0.600. The topological polar surface area (TPSA) is 113 Å². The van der Waals surface area contributed by atoms with E-state index in [0.717, 1.165) is 5.69 Å². The Kier molecular flexibility index (Phi) is 5.05. The van der Waals surface area contributed by atoms with Gasteiger partial charge in [-0.25, -0.2) is 14.8 Å². The van der Waals surface area contributed by atoms with Gasteiger partial charge < -0.3 is 10.1 Å². The lowest BCUT2D eigenvalue weighted by atomic mass is 10.3. The van der Waals surface area contributed by atoms with E-state index in [2.05, 4.69) is 25.6 Å². The molecule has 1 amide bonds. The first-order chi connectivity index (χ1) is 12.5. The van der Waals surface area contributed by atoms with Crippen LogP contribution in [0, 0.1) is 25.2 Å². The van der Waals surface area contributed by atoms with E-state index in [1.165, 1.54) is 17.5 Å². The van der Waals surface area contributed by atoms with Crippen molar-refractivity contribution in [3.63, 3.8) is 0 Å². The molecule has 9 heteroatoms. The van der Waals surface area contributed by atoms with E-state index in [9.17, 15) is 4.79 Å². The lowest BCUT2D eigenvalue weighted by molar-refractivity contribution is 0.214. The van der Waals surface area contributed by atoms with Crippen LogP contribution in [0.15, 0.2) is 36.7 Å². The number of hydrogen-bond acceptors (Lipinski definition) is 8. The van der Waals surface area contributed by atoms with E-state index >= 15 is 0 Å². The largest absolute Gasteiger partial charge is 0.418 e. The van der Waals surface area contributed by atoms with E-state index < -0.39 is 6.09 Å². The number of aryl methyl sites for hydroxylation is 2. The molecule has 8 nitrogen and oxygen atoms in total. The number of carbonyl (C=O) groups is 1. The fourth-order valence-electron chi connectivity index (χ4n) is 2.10. The molecule has 0 aliphatic heterocycles. The van der Waals surface area contributed by atoms with Gasteiger partial charge in [-0.1, -0.05) is 11.3 Å². The van der Waals surface area contributed by atoms with Crippen LogP contribution >= 0.6 is 11.3 Å². The second-order valence-electron chi connectivity index (χ2n) is 5.23. The van der Waals surface area contributed by atoms with Crippen molar-refractivity contribution < 1.29 is 9.53 Å². The van der Waals surface area contributed by atoms with Crippen molar-refractivity contribution in [1.82, 2.24) is 15.0 Å². The molecule has 0 fully saturated rings. The van der Waals surface area contributed by atoms with Gasteiger partial charge in [-0.3, -0.25) is 10.3 Å². The Morgan fingerprint density at radius 1 is 1.23 bits per heavy atom. The number of hydrogen-bond donors (Lipinski definition) is 2. The molecule has 0 unspecified atom stereocenters. The number of rotatable bonds is 4. The number of nitriles is 1. The maximum atomic E-state index is 12.1. The smallest absolute Gasteiger partial charge is 0.388 e. The van der Waals surface area contributed by atoms with Crippen molar-refractivity contribution in [3.8, 4) is 11.9 Å². The highest BCUT2D eigenvalue weighted by Gasteiger charge is 2.16. The lowest BCUT2D eigenvalue weighted by Gasteiger charge is -2.08. The summed E-state index contributed by atoms with van der Waals surface area (Å²) in [6, 6.07) is 8.63. The number of thiazole rings is 1. The van der Waals surface area contributed by atoms with Gasteiger partial charge in [0.05, 0.1) is 16.6 Å². The molecule has 3 heterocycles. The highest BCUT2D eigenvalue weighted by atomic mass is 32.1. The number of aromatic nitrogens is 3. The van der Waals surface area contributed by atoms with Crippen molar-refractivity contribution in [2.45, 2.75) is 13.8 Å². The molecule has 0 aliphatic rings. The molecule has 130 valence electrons. The standard InChI is InChI=1S/C17H14N6O2S/c1-10-7-13(4-6-19-10)22-17(24)25-15-16(26-11(2)21-15)23-14-8-12(9-18)3-5-20-14/h3-8H,1-2H3,(H,20,23)(H,19,22,24). The molecular weight excluding hydrogens is 352 g/mol. The van der Waals surface area contributed by atoms with Gasteiger partial charge in [0.1, 0.15) is 5.82 Å². The Labute approximate surface area is 153 Å². The van der Waals surface area contributed by atoms with Crippen LogP contribution < -0.4 is 15.4 Å².